The maximum Gasteiger partial charge on any atom is 0.348 e. The van der Waals surface area contributed by atoms with Crippen LogP contribution in [0.4, 0.5) is 0 Å². The number of aromatic carboxylic acids is 1. The smallest absolute Gasteiger partial charge is 0.348 e. The van der Waals surface area contributed by atoms with Gasteiger partial charge in [0, 0.05) is 11.1 Å². The zero-order valence-corrected chi connectivity index (χ0v) is 13.6. The summed E-state index contributed by atoms with van der Waals surface area (Å²) in [6, 6.07) is 15.2. The summed E-state index contributed by atoms with van der Waals surface area (Å²) in [5.74, 6) is -0.250. The zero-order chi connectivity index (χ0) is 16.4. The molecular formula is C18H15NO3S. The number of hydrogen-bond donors (Lipinski definition) is 1. The van der Waals surface area contributed by atoms with Crippen molar-refractivity contribution in [3.8, 4) is 27.6 Å². The number of hydrogen-bond acceptors (Lipinski definition) is 4. The van der Waals surface area contributed by atoms with Crippen LogP contribution in [0.5, 0.6) is 5.75 Å². The van der Waals surface area contributed by atoms with E-state index in [1.807, 2.05) is 55.5 Å². The Bertz CT molecular complexity index is 870. The molecule has 0 aliphatic rings. The van der Waals surface area contributed by atoms with E-state index in [4.69, 9.17) is 4.74 Å². The Morgan fingerprint density at radius 3 is 2.57 bits per heavy atom. The lowest BCUT2D eigenvalue weighted by Gasteiger charge is -2.01. The van der Waals surface area contributed by atoms with Crippen molar-refractivity contribution >= 4 is 17.3 Å². The molecule has 4 nitrogen and oxygen atoms in total. The van der Waals surface area contributed by atoms with Gasteiger partial charge in [-0.15, -0.1) is 11.3 Å². The third-order valence-corrected chi connectivity index (χ3v) is 4.52. The second-order valence-electron chi connectivity index (χ2n) is 5.10. The monoisotopic (exact) mass is 325 g/mol. The van der Waals surface area contributed by atoms with E-state index < -0.39 is 5.97 Å². The van der Waals surface area contributed by atoms with Gasteiger partial charge in [0.2, 0.25) is 0 Å². The zero-order valence-electron chi connectivity index (χ0n) is 12.7. The maximum atomic E-state index is 11.6. The van der Waals surface area contributed by atoms with Crippen molar-refractivity contribution < 1.29 is 14.6 Å². The van der Waals surface area contributed by atoms with Gasteiger partial charge >= 0.3 is 5.97 Å². The second kappa shape index (κ2) is 6.22. The molecule has 0 radical (unpaired) electrons. The van der Waals surface area contributed by atoms with E-state index in [1.165, 1.54) is 11.3 Å². The highest BCUT2D eigenvalue weighted by atomic mass is 32.1. The highest BCUT2D eigenvalue weighted by Crippen LogP contribution is 2.35. The maximum absolute atomic E-state index is 11.6. The first-order valence-corrected chi connectivity index (χ1v) is 7.85. The summed E-state index contributed by atoms with van der Waals surface area (Å²) in [6.45, 7) is 1.97. The number of aryl methyl sites for hydroxylation is 1. The topological polar surface area (TPSA) is 59.4 Å². The van der Waals surface area contributed by atoms with Crippen LogP contribution in [0.3, 0.4) is 0 Å². The Balaban J connectivity index is 2.14. The second-order valence-corrected chi connectivity index (χ2v) is 6.10. The number of carboxylic acids is 1. The summed E-state index contributed by atoms with van der Waals surface area (Å²) in [4.78, 5) is 16.4. The first-order valence-electron chi connectivity index (χ1n) is 7.04. The van der Waals surface area contributed by atoms with Gasteiger partial charge in [-0.25, -0.2) is 9.78 Å². The van der Waals surface area contributed by atoms with Crippen molar-refractivity contribution in [1.29, 1.82) is 0 Å². The molecule has 0 unspecified atom stereocenters. The summed E-state index contributed by atoms with van der Waals surface area (Å²) >= 11 is 1.17. The molecule has 0 saturated carbocycles. The number of benzene rings is 2. The molecule has 2 aromatic carbocycles. The number of carbonyl (C=O) groups is 1. The quantitative estimate of drug-likeness (QED) is 0.767. The van der Waals surface area contributed by atoms with Crippen LogP contribution in [0.1, 0.15) is 15.2 Å². The molecule has 0 amide bonds. The molecule has 0 saturated heterocycles. The van der Waals surface area contributed by atoms with E-state index >= 15 is 0 Å². The van der Waals surface area contributed by atoms with E-state index in [2.05, 4.69) is 4.98 Å². The molecule has 0 aliphatic carbocycles. The molecule has 1 heterocycles. The normalized spacial score (nSPS) is 10.5. The minimum atomic E-state index is -0.965. The number of methoxy groups -OCH3 is 1. The average Bonchev–Trinajstić information content (AvgIpc) is 3.00. The van der Waals surface area contributed by atoms with Crippen LogP contribution in [-0.2, 0) is 0 Å². The molecule has 3 rings (SSSR count). The van der Waals surface area contributed by atoms with Crippen LogP contribution in [0.15, 0.2) is 48.5 Å². The fourth-order valence-corrected chi connectivity index (χ4v) is 3.26. The van der Waals surface area contributed by atoms with E-state index in [1.54, 1.807) is 7.11 Å². The lowest BCUT2D eigenvalue weighted by molar-refractivity contribution is 0.0702. The van der Waals surface area contributed by atoms with Crippen molar-refractivity contribution in [2.75, 3.05) is 7.11 Å². The Morgan fingerprint density at radius 2 is 1.87 bits per heavy atom. The molecule has 0 bridgehead atoms. The van der Waals surface area contributed by atoms with Crippen molar-refractivity contribution in [3.05, 3.63) is 59.0 Å². The fourth-order valence-electron chi connectivity index (χ4n) is 2.33. The lowest BCUT2D eigenvalue weighted by Crippen LogP contribution is -1.95. The Kier molecular flexibility index (Phi) is 4.12. The van der Waals surface area contributed by atoms with Gasteiger partial charge in [0.15, 0.2) is 0 Å². The lowest BCUT2D eigenvalue weighted by atomic mass is 10.1. The third-order valence-electron chi connectivity index (χ3n) is 3.43. The van der Waals surface area contributed by atoms with E-state index in [-0.39, 0.29) is 4.88 Å². The molecule has 1 N–H and O–H groups in total. The van der Waals surface area contributed by atoms with Crippen molar-refractivity contribution in [1.82, 2.24) is 4.98 Å². The van der Waals surface area contributed by atoms with Gasteiger partial charge < -0.3 is 9.84 Å². The predicted octanol–water partition coefficient (Wildman–Crippen LogP) is 4.49. The molecular weight excluding hydrogens is 310 g/mol. The van der Waals surface area contributed by atoms with Gasteiger partial charge in [-0.3, -0.25) is 0 Å². The van der Waals surface area contributed by atoms with E-state index in [0.717, 1.165) is 16.7 Å². The van der Waals surface area contributed by atoms with Gasteiger partial charge in [0.05, 0.1) is 12.8 Å². The molecule has 116 valence electrons. The minimum absolute atomic E-state index is 0.244. The molecule has 1 aromatic heterocycles. The molecule has 0 atom stereocenters. The molecule has 5 heteroatoms. The van der Waals surface area contributed by atoms with Gasteiger partial charge in [-0.2, -0.15) is 0 Å². The van der Waals surface area contributed by atoms with Crippen LogP contribution in [0.2, 0.25) is 0 Å². The molecule has 23 heavy (non-hydrogen) atoms. The van der Waals surface area contributed by atoms with Gasteiger partial charge in [-0.1, -0.05) is 35.9 Å². The van der Waals surface area contributed by atoms with Crippen LogP contribution in [0, 0.1) is 6.92 Å². The summed E-state index contributed by atoms with van der Waals surface area (Å²) in [7, 11) is 1.60. The highest BCUT2D eigenvalue weighted by Gasteiger charge is 2.19. The van der Waals surface area contributed by atoms with Crippen LogP contribution >= 0.6 is 11.3 Å². The summed E-state index contributed by atoms with van der Waals surface area (Å²) in [5.41, 5.74) is 3.22. The third kappa shape index (κ3) is 3.10. The number of aromatic nitrogens is 1. The number of ether oxygens (including phenoxy) is 1. The van der Waals surface area contributed by atoms with E-state index in [9.17, 15) is 9.90 Å². The Labute approximate surface area is 138 Å². The summed E-state index contributed by atoms with van der Waals surface area (Å²) in [5, 5.41) is 10.2. The van der Waals surface area contributed by atoms with Crippen LogP contribution in [0.25, 0.3) is 21.8 Å². The first-order chi connectivity index (χ1) is 11.1. The standard InChI is InChI=1S/C18H15NO3S/c1-11-5-3-6-12(9-11)15-16(18(20)21)23-17(19-15)13-7-4-8-14(10-13)22-2/h3-10H,1-2H3,(H,20,21). The number of carboxylic acid groups (broad SMARTS) is 1. The number of thiazole rings is 1. The van der Waals surface area contributed by atoms with Crippen molar-refractivity contribution in [3.63, 3.8) is 0 Å². The minimum Gasteiger partial charge on any atom is -0.497 e. The van der Waals surface area contributed by atoms with Crippen LogP contribution < -0.4 is 4.74 Å². The summed E-state index contributed by atoms with van der Waals surface area (Å²) < 4.78 is 5.22. The van der Waals surface area contributed by atoms with Gasteiger partial charge in [0.25, 0.3) is 0 Å². The largest absolute Gasteiger partial charge is 0.497 e. The highest BCUT2D eigenvalue weighted by molar-refractivity contribution is 7.17. The molecule has 0 aliphatic heterocycles. The first kappa shape index (κ1) is 15.2. The number of nitrogens with zero attached hydrogens (tertiary/aromatic N) is 1. The average molecular weight is 325 g/mol. The Hall–Kier alpha value is -2.66. The van der Waals surface area contributed by atoms with Crippen molar-refractivity contribution in [2.45, 2.75) is 6.92 Å². The molecule has 0 spiro atoms. The molecule has 0 fully saturated rings. The number of rotatable bonds is 4. The predicted molar refractivity (Wildman–Crippen MR) is 91.2 cm³/mol. The Morgan fingerprint density at radius 1 is 1.13 bits per heavy atom. The summed E-state index contributed by atoms with van der Waals surface area (Å²) in [6.07, 6.45) is 0. The van der Waals surface area contributed by atoms with Gasteiger partial charge in [0.1, 0.15) is 15.6 Å². The van der Waals surface area contributed by atoms with Crippen molar-refractivity contribution in [2.24, 2.45) is 0 Å². The van der Waals surface area contributed by atoms with E-state index in [0.29, 0.717) is 16.5 Å². The SMILES string of the molecule is COc1cccc(-c2nc(-c3cccc(C)c3)c(C(=O)O)s2)c1. The molecule has 3 aromatic rings. The van der Waals surface area contributed by atoms with Crippen LogP contribution in [-0.4, -0.2) is 23.2 Å². The fraction of sp³-hybridized carbons (Fsp3) is 0.111. The van der Waals surface area contributed by atoms with Gasteiger partial charge in [-0.05, 0) is 25.1 Å².